The number of nitrogens with zero attached hydrogens (tertiary/aromatic N) is 4. The van der Waals surface area contributed by atoms with Crippen LogP contribution in [0.25, 0.3) is 11.2 Å². The fourth-order valence-electron chi connectivity index (χ4n) is 6.11. The van der Waals surface area contributed by atoms with Gasteiger partial charge in [-0.15, -0.1) is 0 Å². The molecular weight excluding hydrogens is 418 g/mol. The minimum Gasteiger partial charge on any atom is -1.00 e. The van der Waals surface area contributed by atoms with E-state index in [0.29, 0.717) is 16.6 Å². The van der Waals surface area contributed by atoms with Crippen molar-refractivity contribution in [2.75, 3.05) is 5.73 Å². The number of fused-ring (bicyclic) bond motifs is 2. The van der Waals surface area contributed by atoms with Gasteiger partial charge in [0.05, 0.1) is 13.6 Å². The Balaban J connectivity index is 0.00000289. The highest BCUT2D eigenvalue weighted by molar-refractivity contribution is 5.79. The molecule has 32 heavy (non-hydrogen) atoms. The molecule has 6 heteroatoms. The van der Waals surface area contributed by atoms with Gasteiger partial charge in [-0.2, -0.15) is 4.98 Å². The maximum atomic E-state index is 6.14. The highest BCUT2D eigenvalue weighted by atomic mass is 35.5. The third-order valence-corrected chi connectivity index (χ3v) is 8.55. The lowest BCUT2D eigenvalue weighted by atomic mass is 9.52. The van der Waals surface area contributed by atoms with E-state index in [4.69, 9.17) is 5.73 Å². The fourth-order valence-corrected chi connectivity index (χ4v) is 6.11. The summed E-state index contributed by atoms with van der Waals surface area (Å²) in [4.78, 5) is 8.56. The maximum Gasteiger partial charge on any atom is 0.307 e. The molecule has 176 valence electrons. The lowest BCUT2D eigenvalue weighted by Crippen LogP contribution is -3.00. The molecule has 2 heterocycles. The Hall–Kier alpha value is -1.88. The summed E-state index contributed by atoms with van der Waals surface area (Å²) >= 11 is 0. The first-order chi connectivity index (χ1) is 14.6. The van der Waals surface area contributed by atoms with Gasteiger partial charge in [0.25, 0.3) is 0 Å². The van der Waals surface area contributed by atoms with Crippen LogP contribution in [0.1, 0.15) is 73.1 Å². The van der Waals surface area contributed by atoms with Gasteiger partial charge in [0, 0.05) is 0 Å². The van der Waals surface area contributed by atoms with Crippen LogP contribution in [0.3, 0.4) is 0 Å². The SMILES string of the molecule is C/C(=C\Cn1c[n+](C)c2ncnc(N)c21)CC[C@@]1(C)C2=CCCC(C)(C)[C@H]2CC[C@@H]1C.[Cl-]. The Labute approximate surface area is 199 Å². The first-order valence-corrected chi connectivity index (χ1v) is 11.9. The summed E-state index contributed by atoms with van der Waals surface area (Å²) in [5.74, 6) is 2.06. The Kier molecular flexibility index (Phi) is 7.09. The Morgan fingerprint density at radius 3 is 2.78 bits per heavy atom. The predicted molar refractivity (Wildman–Crippen MR) is 127 cm³/mol. The average Bonchev–Trinajstić information content (AvgIpc) is 3.05. The van der Waals surface area contributed by atoms with Crippen LogP contribution < -0.4 is 22.7 Å². The molecule has 0 bridgehead atoms. The van der Waals surface area contributed by atoms with Crippen molar-refractivity contribution in [1.82, 2.24) is 14.5 Å². The molecule has 2 aliphatic carbocycles. The van der Waals surface area contributed by atoms with Gasteiger partial charge >= 0.3 is 5.65 Å². The topological polar surface area (TPSA) is 60.6 Å². The molecule has 0 saturated heterocycles. The Bertz CT molecular complexity index is 1030. The Morgan fingerprint density at radius 2 is 2.03 bits per heavy atom. The van der Waals surface area contributed by atoms with Gasteiger partial charge in [-0.3, -0.25) is 4.57 Å². The van der Waals surface area contributed by atoms with E-state index in [1.807, 2.05) is 11.6 Å². The van der Waals surface area contributed by atoms with Crippen LogP contribution in [-0.2, 0) is 13.6 Å². The molecule has 2 aromatic heterocycles. The number of aromatic nitrogens is 4. The van der Waals surface area contributed by atoms with Crippen LogP contribution >= 0.6 is 0 Å². The molecule has 5 nitrogen and oxygen atoms in total. The number of rotatable bonds is 5. The average molecular weight is 458 g/mol. The first kappa shape index (κ1) is 24.8. The molecule has 0 spiro atoms. The summed E-state index contributed by atoms with van der Waals surface area (Å²) in [7, 11) is 2.00. The van der Waals surface area contributed by atoms with Crippen molar-refractivity contribution < 1.29 is 17.0 Å². The lowest BCUT2D eigenvalue weighted by molar-refractivity contribution is -0.647. The van der Waals surface area contributed by atoms with Crippen LogP contribution in [0.5, 0.6) is 0 Å². The standard InChI is InChI=1S/C26H40N5.ClH/c1-18(12-15-31-17-30(6)24-22(31)23(27)28-16-29-24)11-14-26(5)19(2)9-10-20-21(26)8-7-13-25(20,3)4;/h8,12,16-17,19-20H,7,9-11,13-15H2,1-6H3,(H2,27,28,29);1H/q+1;/p-1/b18-12+;/t19-,20-,26+;/m0./s1. The molecule has 0 aliphatic heterocycles. The van der Waals surface area contributed by atoms with E-state index in [9.17, 15) is 0 Å². The van der Waals surface area contributed by atoms with Gasteiger partial charge in [0.1, 0.15) is 0 Å². The van der Waals surface area contributed by atoms with E-state index in [-0.39, 0.29) is 12.4 Å². The van der Waals surface area contributed by atoms with Crippen molar-refractivity contribution >= 4 is 17.0 Å². The van der Waals surface area contributed by atoms with Gasteiger partial charge in [-0.05, 0) is 68.1 Å². The zero-order chi connectivity index (χ0) is 22.4. The van der Waals surface area contributed by atoms with Crippen LogP contribution in [0, 0.1) is 22.7 Å². The maximum absolute atomic E-state index is 6.14. The number of aryl methyl sites for hydroxylation is 1. The molecule has 0 aromatic carbocycles. The number of imidazole rings is 1. The Morgan fingerprint density at radius 1 is 1.28 bits per heavy atom. The second-order valence-electron chi connectivity index (χ2n) is 11.0. The van der Waals surface area contributed by atoms with Gasteiger partial charge in [0.15, 0.2) is 18.5 Å². The fraction of sp³-hybridized carbons (Fsp3) is 0.654. The molecule has 0 amide bonds. The minimum absolute atomic E-state index is 0. The largest absolute Gasteiger partial charge is 1.00 e. The molecule has 4 rings (SSSR count). The minimum atomic E-state index is 0. The lowest BCUT2D eigenvalue weighted by Gasteiger charge is -2.53. The van der Waals surface area contributed by atoms with E-state index < -0.39 is 0 Å². The number of nitrogens with two attached hydrogens (primary N) is 1. The van der Waals surface area contributed by atoms with E-state index >= 15 is 0 Å². The second kappa shape index (κ2) is 9.17. The van der Waals surface area contributed by atoms with E-state index in [1.165, 1.54) is 44.0 Å². The summed E-state index contributed by atoms with van der Waals surface area (Å²) in [6.45, 7) is 13.1. The van der Waals surface area contributed by atoms with Crippen molar-refractivity contribution in [2.45, 2.75) is 79.7 Å². The highest BCUT2D eigenvalue weighted by Gasteiger charge is 2.47. The quantitative estimate of drug-likeness (QED) is 0.553. The van der Waals surface area contributed by atoms with Crippen molar-refractivity contribution in [2.24, 2.45) is 29.7 Å². The zero-order valence-electron chi connectivity index (χ0n) is 20.7. The third kappa shape index (κ3) is 4.33. The number of nitrogen functional groups attached to an aromatic ring is 1. The van der Waals surface area contributed by atoms with Crippen LogP contribution in [0.4, 0.5) is 5.82 Å². The van der Waals surface area contributed by atoms with Crippen LogP contribution in [0.15, 0.2) is 36.0 Å². The normalized spacial score (nSPS) is 27.6. The third-order valence-electron chi connectivity index (χ3n) is 8.55. The first-order valence-electron chi connectivity index (χ1n) is 11.9. The molecule has 2 aromatic rings. The van der Waals surface area contributed by atoms with E-state index in [1.54, 1.807) is 5.57 Å². The van der Waals surface area contributed by atoms with Crippen molar-refractivity contribution in [3.05, 3.63) is 36.0 Å². The summed E-state index contributed by atoms with van der Waals surface area (Å²) in [6, 6.07) is 0. The number of allylic oxidation sites excluding steroid dienone is 4. The molecular formula is C26H40ClN5. The predicted octanol–water partition coefficient (Wildman–Crippen LogP) is 2.37. The molecule has 1 saturated carbocycles. The summed E-state index contributed by atoms with van der Waals surface area (Å²) in [5.41, 5.74) is 11.9. The molecule has 0 unspecified atom stereocenters. The van der Waals surface area contributed by atoms with Gasteiger partial charge in [-0.25, -0.2) is 4.57 Å². The van der Waals surface area contributed by atoms with Gasteiger partial charge < -0.3 is 18.1 Å². The van der Waals surface area contributed by atoms with Crippen LogP contribution in [-0.4, -0.2) is 14.5 Å². The van der Waals surface area contributed by atoms with Crippen molar-refractivity contribution in [1.29, 1.82) is 0 Å². The summed E-state index contributed by atoms with van der Waals surface area (Å²) in [6.07, 6.45) is 16.2. The molecule has 3 atom stereocenters. The number of halogens is 1. The highest BCUT2D eigenvalue weighted by Crippen LogP contribution is 2.58. The van der Waals surface area contributed by atoms with E-state index in [0.717, 1.165) is 36.0 Å². The summed E-state index contributed by atoms with van der Waals surface area (Å²) in [5, 5.41) is 0. The number of anilines is 1. The molecule has 0 radical (unpaired) electrons. The molecule has 2 N–H and O–H groups in total. The smallest absolute Gasteiger partial charge is 0.307 e. The second-order valence-corrected chi connectivity index (χ2v) is 11.0. The summed E-state index contributed by atoms with van der Waals surface area (Å²) < 4.78 is 4.17. The van der Waals surface area contributed by atoms with Crippen molar-refractivity contribution in [3.8, 4) is 0 Å². The van der Waals surface area contributed by atoms with E-state index in [2.05, 4.69) is 67.6 Å². The molecule has 2 aliphatic rings. The zero-order valence-corrected chi connectivity index (χ0v) is 21.4. The monoisotopic (exact) mass is 457 g/mol. The number of hydrogen-bond donors (Lipinski definition) is 1. The van der Waals surface area contributed by atoms with Gasteiger partial charge in [0.2, 0.25) is 5.52 Å². The van der Waals surface area contributed by atoms with Crippen LogP contribution in [0.2, 0.25) is 0 Å². The molecule has 1 fully saturated rings. The van der Waals surface area contributed by atoms with Gasteiger partial charge in [-0.1, -0.05) is 56.0 Å². The van der Waals surface area contributed by atoms with Crippen molar-refractivity contribution in [3.63, 3.8) is 0 Å². The number of hydrogen-bond acceptors (Lipinski definition) is 3.